The van der Waals surface area contributed by atoms with E-state index in [1.165, 1.54) is 25.6 Å². The van der Waals surface area contributed by atoms with Gasteiger partial charge in [-0.1, -0.05) is 23.3 Å². The molecule has 8 heteroatoms. The lowest BCUT2D eigenvalue weighted by atomic mass is 10.1. The molecule has 7 nitrogen and oxygen atoms in total. The van der Waals surface area contributed by atoms with E-state index in [0.717, 1.165) is 15.8 Å². The maximum atomic E-state index is 12.6. The summed E-state index contributed by atoms with van der Waals surface area (Å²) in [6.45, 7) is 0.250. The molecule has 0 saturated carbocycles. The molecule has 3 rings (SSSR count). The van der Waals surface area contributed by atoms with Crippen LogP contribution < -0.4 is 14.3 Å². The molecule has 0 spiro atoms. The van der Waals surface area contributed by atoms with Crippen molar-refractivity contribution in [2.45, 2.75) is 13.0 Å². The Balaban J connectivity index is 1.98. The number of hydrogen-bond acceptors (Lipinski definition) is 6. The van der Waals surface area contributed by atoms with Gasteiger partial charge in [0.25, 0.3) is 5.91 Å². The Hall–Kier alpha value is -3.57. The zero-order valence-electron chi connectivity index (χ0n) is 16.8. The molecule has 2 aromatic carbocycles. The number of terminal acetylenes is 1. The summed E-state index contributed by atoms with van der Waals surface area (Å²) in [5.74, 6) is 2.95. The minimum Gasteiger partial charge on any atom is -0.493 e. The molecular weight excluding hydrogens is 404 g/mol. The van der Waals surface area contributed by atoms with Crippen LogP contribution in [0.25, 0.3) is 10.2 Å². The van der Waals surface area contributed by atoms with Gasteiger partial charge >= 0.3 is 5.97 Å². The van der Waals surface area contributed by atoms with E-state index in [-0.39, 0.29) is 18.9 Å². The molecule has 0 bridgehead atoms. The predicted molar refractivity (Wildman–Crippen MR) is 114 cm³/mol. The summed E-state index contributed by atoms with van der Waals surface area (Å²) in [5.41, 5.74) is 1.96. The van der Waals surface area contributed by atoms with E-state index in [2.05, 4.69) is 10.9 Å². The molecule has 0 atom stereocenters. The summed E-state index contributed by atoms with van der Waals surface area (Å²) in [7, 11) is 4.42. The predicted octanol–water partition coefficient (Wildman–Crippen LogP) is 2.81. The number of fused-ring (bicyclic) bond motifs is 1. The number of thiazole rings is 1. The van der Waals surface area contributed by atoms with Crippen molar-refractivity contribution in [1.82, 2.24) is 4.57 Å². The standard InChI is InChI=1S/C22H20N2O5S/c1-5-10-24-16-8-7-15(21(26)29-4)13-19(16)30-22(24)23-20(25)12-14-6-9-17(27-2)18(11-14)28-3/h1,6-9,11,13H,10,12H2,2-4H3. The van der Waals surface area contributed by atoms with Crippen LogP contribution >= 0.6 is 11.3 Å². The quantitative estimate of drug-likeness (QED) is 0.449. The van der Waals surface area contributed by atoms with Crippen molar-refractivity contribution in [2.24, 2.45) is 4.99 Å². The van der Waals surface area contributed by atoms with Gasteiger partial charge in [0.05, 0.1) is 50.1 Å². The third-order valence-electron chi connectivity index (χ3n) is 4.38. The highest BCUT2D eigenvalue weighted by Gasteiger charge is 2.13. The molecule has 154 valence electrons. The van der Waals surface area contributed by atoms with Gasteiger partial charge in [-0.3, -0.25) is 4.79 Å². The second-order valence-electron chi connectivity index (χ2n) is 6.22. The van der Waals surface area contributed by atoms with Crippen molar-refractivity contribution >= 4 is 33.4 Å². The number of carbonyl (C=O) groups excluding carboxylic acids is 2. The van der Waals surface area contributed by atoms with E-state index in [1.54, 1.807) is 48.1 Å². The Morgan fingerprint density at radius 3 is 2.53 bits per heavy atom. The SMILES string of the molecule is C#CCn1c(=NC(=O)Cc2ccc(OC)c(OC)c2)sc2cc(C(=O)OC)ccc21. The van der Waals surface area contributed by atoms with Gasteiger partial charge in [0.2, 0.25) is 0 Å². The normalized spacial score (nSPS) is 11.2. The van der Waals surface area contributed by atoms with Gasteiger partial charge in [-0.2, -0.15) is 4.99 Å². The minimum absolute atomic E-state index is 0.0953. The zero-order chi connectivity index (χ0) is 21.7. The van der Waals surface area contributed by atoms with Gasteiger partial charge in [0.1, 0.15) is 0 Å². The van der Waals surface area contributed by atoms with Crippen LogP contribution in [0.1, 0.15) is 15.9 Å². The van der Waals surface area contributed by atoms with E-state index in [4.69, 9.17) is 20.6 Å². The van der Waals surface area contributed by atoms with Crippen LogP contribution in [-0.2, 0) is 22.5 Å². The number of benzene rings is 2. The first kappa shape index (κ1) is 21.1. The summed E-state index contributed by atoms with van der Waals surface area (Å²) >= 11 is 1.29. The number of esters is 1. The largest absolute Gasteiger partial charge is 0.493 e. The third kappa shape index (κ3) is 4.36. The summed E-state index contributed by atoms with van der Waals surface area (Å²) in [6, 6.07) is 10.4. The van der Waals surface area contributed by atoms with Crippen molar-refractivity contribution in [3.63, 3.8) is 0 Å². The highest BCUT2D eigenvalue weighted by molar-refractivity contribution is 7.16. The third-order valence-corrected chi connectivity index (χ3v) is 5.42. The Morgan fingerprint density at radius 1 is 1.10 bits per heavy atom. The molecule has 0 aliphatic carbocycles. The van der Waals surface area contributed by atoms with E-state index < -0.39 is 5.97 Å². The van der Waals surface area contributed by atoms with Gasteiger partial charge < -0.3 is 18.8 Å². The van der Waals surface area contributed by atoms with Crippen LogP contribution in [0.3, 0.4) is 0 Å². The topological polar surface area (TPSA) is 79.1 Å². The highest BCUT2D eigenvalue weighted by atomic mass is 32.1. The maximum Gasteiger partial charge on any atom is 0.337 e. The number of amides is 1. The number of methoxy groups -OCH3 is 3. The number of aromatic nitrogens is 1. The lowest BCUT2D eigenvalue weighted by Crippen LogP contribution is -2.17. The molecule has 3 aromatic rings. The minimum atomic E-state index is -0.434. The van der Waals surface area contributed by atoms with Gasteiger partial charge in [-0.25, -0.2) is 4.79 Å². The van der Waals surface area contributed by atoms with Crippen LogP contribution in [0.15, 0.2) is 41.4 Å². The monoisotopic (exact) mass is 424 g/mol. The average molecular weight is 424 g/mol. The molecule has 1 heterocycles. The number of carbonyl (C=O) groups is 2. The molecule has 0 N–H and O–H groups in total. The Kier molecular flexibility index (Phi) is 6.54. The fraction of sp³-hybridized carbons (Fsp3) is 0.227. The maximum absolute atomic E-state index is 12.6. The molecule has 0 unspecified atom stereocenters. The first-order chi connectivity index (χ1) is 14.5. The Morgan fingerprint density at radius 2 is 1.87 bits per heavy atom. The van der Waals surface area contributed by atoms with Crippen LogP contribution in [0.2, 0.25) is 0 Å². The second kappa shape index (κ2) is 9.29. The van der Waals surface area contributed by atoms with Crippen LogP contribution in [0.4, 0.5) is 0 Å². The summed E-state index contributed by atoms with van der Waals surface area (Å²) in [6.07, 6.45) is 5.60. The lowest BCUT2D eigenvalue weighted by molar-refractivity contribution is -0.117. The molecule has 1 aromatic heterocycles. The van der Waals surface area contributed by atoms with Crippen LogP contribution in [0.5, 0.6) is 11.5 Å². The first-order valence-electron chi connectivity index (χ1n) is 8.94. The van der Waals surface area contributed by atoms with E-state index >= 15 is 0 Å². The summed E-state index contributed by atoms with van der Waals surface area (Å²) in [5, 5.41) is 0. The molecule has 0 fully saturated rings. The van der Waals surface area contributed by atoms with Gasteiger partial charge in [-0.15, -0.1) is 6.42 Å². The molecular formula is C22H20N2O5S. The second-order valence-corrected chi connectivity index (χ2v) is 7.23. The molecule has 0 aliphatic heterocycles. The zero-order valence-corrected chi connectivity index (χ0v) is 17.6. The van der Waals surface area contributed by atoms with Crippen molar-refractivity contribution in [3.05, 3.63) is 52.3 Å². The van der Waals surface area contributed by atoms with Gasteiger partial charge in [0, 0.05) is 0 Å². The van der Waals surface area contributed by atoms with Gasteiger partial charge in [0.15, 0.2) is 16.3 Å². The average Bonchev–Trinajstić information content (AvgIpc) is 3.09. The number of nitrogens with zero attached hydrogens (tertiary/aromatic N) is 2. The molecule has 0 aliphatic rings. The number of ether oxygens (including phenoxy) is 3. The van der Waals surface area contributed by atoms with Crippen molar-refractivity contribution in [1.29, 1.82) is 0 Å². The Labute approximate surface area is 177 Å². The number of rotatable bonds is 6. The summed E-state index contributed by atoms with van der Waals surface area (Å²) < 4.78 is 17.8. The van der Waals surface area contributed by atoms with E-state index in [9.17, 15) is 9.59 Å². The molecule has 30 heavy (non-hydrogen) atoms. The molecule has 0 saturated heterocycles. The smallest absolute Gasteiger partial charge is 0.337 e. The van der Waals surface area contributed by atoms with E-state index in [1.807, 2.05) is 0 Å². The fourth-order valence-corrected chi connectivity index (χ4v) is 4.04. The fourth-order valence-electron chi connectivity index (χ4n) is 2.96. The first-order valence-corrected chi connectivity index (χ1v) is 9.76. The molecule has 0 radical (unpaired) electrons. The lowest BCUT2D eigenvalue weighted by Gasteiger charge is -2.08. The summed E-state index contributed by atoms with van der Waals surface area (Å²) in [4.78, 5) is 29.1. The van der Waals surface area contributed by atoms with Crippen molar-refractivity contribution in [3.8, 4) is 23.8 Å². The van der Waals surface area contributed by atoms with Gasteiger partial charge in [-0.05, 0) is 35.9 Å². The van der Waals surface area contributed by atoms with E-state index in [0.29, 0.717) is 21.9 Å². The molecule has 1 amide bonds. The number of hydrogen-bond donors (Lipinski definition) is 0. The van der Waals surface area contributed by atoms with Crippen LogP contribution in [0, 0.1) is 12.3 Å². The highest BCUT2D eigenvalue weighted by Crippen LogP contribution is 2.27. The van der Waals surface area contributed by atoms with Crippen molar-refractivity contribution in [2.75, 3.05) is 21.3 Å². The Bertz CT molecular complexity index is 1220. The van der Waals surface area contributed by atoms with Crippen LogP contribution in [-0.4, -0.2) is 37.8 Å². The van der Waals surface area contributed by atoms with Crippen molar-refractivity contribution < 1.29 is 23.8 Å².